The molecular formula is C51H102O3. The van der Waals surface area contributed by atoms with E-state index in [2.05, 4.69) is 13.8 Å². The van der Waals surface area contributed by atoms with E-state index in [1.54, 1.807) is 0 Å². The Hall–Kier alpha value is -0.570. The maximum Gasteiger partial charge on any atom is 0.305 e. The molecule has 0 aliphatic rings. The molecule has 0 rings (SSSR count). The number of carbonyl (C=O) groups excluding carboxylic acids is 1. The van der Waals surface area contributed by atoms with Crippen LogP contribution in [0.15, 0.2) is 0 Å². The molecule has 0 aromatic rings. The highest BCUT2D eigenvalue weighted by Crippen LogP contribution is 2.18. The molecule has 54 heavy (non-hydrogen) atoms. The van der Waals surface area contributed by atoms with Crippen molar-refractivity contribution in [2.45, 2.75) is 315 Å². The van der Waals surface area contributed by atoms with Crippen molar-refractivity contribution in [1.82, 2.24) is 0 Å². The Balaban J connectivity index is 3.16. The summed E-state index contributed by atoms with van der Waals surface area (Å²) in [7, 11) is 0. The van der Waals surface area contributed by atoms with Crippen molar-refractivity contribution in [1.29, 1.82) is 0 Å². The van der Waals surface area contributed by atoms with Crippen molar-refractivity contribution in [3.8, 4) is 0 Å². The van der Waals surface area contributed by atoms with E-state index < -0.39 is 0 Å². The predicted octanol–water partition coefficient (Wildman–Crippen LogP) is 17.9. The first-order valence-corrected chi connectivity index (χ1v) is 25.5. The summed E-state index contributed by atoms with van der Waals surface area (Å²) in [6.07, 6.45) is 61.3. The number of esters is 1. The molecule has 0 saturated heterocycles. The fraction of sp³-hybridized carbons (Fsp3) is 0.980. The summed E-state index contributed by atoms with van der Waals surface area (Å²) in [5.41, 5.74) is 0. The zero-order valence-corrected chi connectivity index (χ0v) is 37.6. The lowest BCUT2D eigenvalue weighted by molar-refractivity contribution is -0.143. The molecule has 0 radical (unpaired) electrons. The zero-order valence-electron chi connectivity index (χ0n) is 37.6. The lowest BCUT2D eigenvalue weighted by atomic mass is 10.0. The van der Waals surface area contributed by atoms with E-state index >= 15 is 0 Å². The van der Waals surface area contributed by atoms with Gasteiger partial charge in [0, 0.05) is 6.42 Å². The standard InChI is InChI=1S/C51H102O3/c1-3-5-7-9-10-11-12-13-14-15-16-17-18-19-20-21-22-23-24-25-26-27-28-29-30-31-32-35-38-41-45-49-54-51(53)48-44-40-37-34-33-36-39-43-47-50(52)46-42-8-6-4-2/h50,52H,3-49H2,1-2H3. The molecule has 0 heterocycles. The van der Waals surface area contributed by atoms with Gasteiger partial charge in [-0.05, 0) is 25.7 Å². The number of ether oxygens (including phenoxy) is 1. The van der Waals surface area contributed by atoms with Crippen LogP contribution in [0.2, 0.25) is 0 Å². The number of carbonyl (C=O) groups is 1. The largest absolute Gasteiger partial charge is 0.466 e. The lowest BCUT2D eigenvalue weighted by Crippen LogP contribution is -2.06. The first kappa shape index (κ1) is 53.4. The maximum absolute atomic E-state index is 12.0. The molecule has 1 atom stereocenters. The first-order valence-electron chi connectivity index (χ1n) is 25.5. The average Bonchev–Trinajstić information content (AvgIpc) is 3.17. The van der Waals surface area contributed by atoms with E-state index in [0.717, 1.165) is 32.1 Å². The quantitative estimate of drug-likeness (QED) is 0.0496. The van der Waals surface area contributed by atoms with Crippen LogP contribution in [0.3, 0.4) is 0 Å². The van der Waals surface area contributed by atoms with Crippen LogP contribution in [0.25, 0.3) is 0 Å². The molecule has 3 nitrogen and oxygen atoms in total. The van der Waals surface area contributed by atoms with Gasteiger partial charge in [-0.2, -0.15) is 0 Å². The summed E-state index contributed by atoms with van der Waals surface area (Å²) >= 11 is 0. The lowest BCUT2D eigenvalue weighted by Gasteiger charge is -2.10. The van der Waals surface area contributed by atoms with Crippen molar-refractivity contribution in [2.24, 2.45) is 0 Å². The first-order chi connectivity index (χ1) is 26.7. The Morgan fingerprint density at radius 2 is 0.556 bits per heavy atom. The van der Waals surface area contributed by atoms with Crippen molar-refractivity contribution in [3.05, 3.63) is 0 Å². The number of rotatable bonds is 48. The molecule has 0 spiro atoms. The molecular weight excluding hydrogens is 661 g/mol. The van der Waals surface area contributed by atoms with Crippen LogP contribution in [0.1, 0.15) is 309 Å². The highest BCUT2D eigenvalue weighted by Gasteiger charge is 2.05. The van der Waals surface area contributed by atoms with Crippen molar-refractivity contribution >= 4 is 5.97 Å². The number of aliphatic hydroxyl groups excluding tert-OH is 1. The summed E-state index contributed by atoms with van der Waals surface area (Å²) in [5.74, 6) is 0.00818. The normalized spacial score (nSPS) is 12.1. The van der Waals surface area contributed by atoms with Gasteiger partial charge in [0.25, 0.3) is 0 Å². The highest BCUT2D eigenvalue weighted by molar-refractivity contribution is 5.69. The van der Waals surface area contributed by atoms with Gasteiger partial charge in [-0.1, -0.05) is 277 Å². The number of hydrogen-bond acceptors (Lipinski definition) is 3. The van der Waals surface area contributed by atoms with Crippen LogP contribution in [0.4, 0.5) is 0 Å². The number of unbranched alkanes of at least 4 members (excludes halogenated alkanes) is 40. The minimum absolute atomic E-state index is 0.00818. The third-order valence-corrected chi connectivity index (χ3v) is 12.1. The second-order valence-corrected chi connectivity index (χ2v) is 17.7. The predicted molar refractivity (Wildman–Crippen MR) is 241 cm³/mol. The molecule has 1 N–H and O–H groups in total. The van der Waals surface area contributed by atoms with Gasteiger partial charge in [0.05, 0.1) is 12.7 Å². The Kier molecular flexibility index (Phi) is 48.1. The molecule has 0 fully saturated rings. The van der Waals surface area contributed by atoms with Gasteiger partial charge in [-0.3, -0.25) is 4.79 Å². The van der Waals surface area contributed by atoms with Gasteiger partial charge in [0.15, 0.2) is 0 Å². The van der Waals surface area contributed by atoms with Gasteiger partial charge in [-0.25, -0.2) is 0 Å². The minimum atomic E-state index is -0.0795. The van der Waals surface area contributed by atoms with Crippen molar-refractivity contribution < 1.29 is 14.6 Å². The van der Waals surface area contributed by atoms with Crippen LogP contribution in [-0.4, -0.2) is 23.8 Å². The molecule has 0 aromatic carbocycles. The average molecular weight is 763 g/mol. The van der Waals surface area contributed by atoms with E-state index in [1.165, 1.54) is 257 Å². The second-order valence-electron chi connectivity index (χ2n) is 17.7. The third kappa shape index (κ3) is 47.6. The fourth-order valence-corrected chi connectivity index (χ4v) is 8.22. The SMILES string of the molecule is CCCCCCCCCCCCCCCCCCCCCCCCCCCCCCCCCOC(=O)CCCCCCCCCCC(O)CCCCCC. The highest BCUT2D eigenvalue weighted by atomic mass is 16.5. The van der Waals surface area contributed by atoms with E-state index in [1.807, 2.05) is 0 Å². The smallest absolute Gasteiger partial charge is 0.305 e. The molecule has 3 heteroatoms. The Morgan fingerprint density at radius 3 is 0.852 bits per heavy atom. The zero-order chi connectivity index (χ0) is 39.1. The van der Waals surface area contributed by atoms with Gasteiger partial charge < -0.3 is 9.84 Å². The molecule has 0 aromatic heterocycles. The van der Waals surface area contributed by atoms with Crippen LogP contribution in [-0.2, 0) is 9.53 Å². The van der Waals surface area contributed by atoms with Crippen LogP contribution >= 0.6 is 0 Å². The Morgan fingerprint density at radius 1 is 0.333 bits per heavy atom. The molecule has 0 aliphatic heterocycles. The Labute approximate surface area is 341 Å². The monoisotopic (exact) mass is 763 g/mol. The second kappa shape index (κ2) is 48.6. The fourth-order valence-electron chi connectivity index (χ4n) is 8.22. The molecule has 0 bridgehead atoms. The molecule has 324 valence electrons. The van der Waals surface area contributed by atoms with Crippen molar-refractivity contribution in [3.63, 3.8) is 0 Å². The van der Waals surface area contributed by atoms with Crippen LogP contribution in [0.5, 0.6) is 0 Å². The Bertz CT molecular complexity index is 678. The van der Waals surface area contributed by atoms with Crippen LogP contribution in [0, 0.1) is 0 Å². The molecule has 0 amide bonds. The molecule has 0 aliphatic carbocycles. The van der Waals surface area contributed by atoms with Crippen LogP contribution < -0.4 is 0 Å². The van der Waals surface area contributed by atoms with Gasteiger partial charge in [-0.15, -0.1) is 0 Å². The number of hydrogen-bond donors (Lipinski definition) is 1. The minimum Gasteiger partial charge on any atom is -0.466 e. The third-order valence-electron chi connectivity index (χ3n) is 12.1. The van der Waals surface area contributed by atoms with E-state index in [4.69, 9.17) is 4.74 Å². The van der Waals surface area contributed by atoms with Crippen molar-refractivity contribution in [2.75, 3.05) is 6.61 Å². The van der Waals surface area contributed by atoms with Gasteiger partial charge >= 0.3 is 5.97 Å². The summed E-state index contributed by atoms with van der Waals surface area (Å²) < 4.78 is 5.48. The summed E-state index contributed by atoms with van der Waals surface area (Å²) in [6.45, 7) is 5.16. The molecule has 0 saturated carbocycles. The summed E-state index contributed by atoms with van der Waals surface area (Å²) in [5, 5.41) is 10.1. The topological polar surface area (TPSA) is 46.5 Å². The van der Waals surface area contributed by atoms with Gasteiger partial charge in [0.1, 0.15) is 0 Å². The van der Waals surface area contributed by atoms with E-state index in [-0.39, 0.29) is 12.1 Å². The maximum atomic E-state index is 12.0. The van der Waals surface area contributed by atoms with Gasteiger partial charge in [0.2, 0.25) is 0 Å². The molecule has 1 unspecified atom stereocenters. The van der Waals surface area contributed by atoms with E-state index in [0.29, 0.717) is 13.0 Å². The number of aliphatic hydroxyl groups is 1. The summed E-state index contributed by atoms with van der Waals surface area (Å²) in [4.78, 5) is 12.0. The van der Waals surface area contributed by atoms with E-state index in [9.17, 15) is 9.90 Å². The summed E-state index contributed by atoms with van der Waals surface area (Å²) in [6, 6.07) is 0.